The van der Waals surface area contributed by atoms with E-state index in [0.29, 0.717) is 21.0 Å². The first-order chi connectivity index (χ1) is 8.19. The number of anilines is 1. The van der Waals surface area contributed by atoms with Crippen LogP contribution in [-0.2, 0) is 0 Å². The summed E-state index contributed by atoms with van der Waals surface area (Å²) in [7, 11) is 1.56. The Kier molecular flexibility index (Phi) is 3.70. The van der Waals surface area contributed by atoms with Gasteiger partial charge in [-0.1, -0.05) is 0 Å². The van der Waals surface area contributed by atoms with Crippen LogP contribution in [0.15, 0.2) is 28.4 Å². The van der Waals surface area contributed by atoms with Crippen LogP contribution < -0.4 is 10.1 Å². The summed E-state index contributed by atoms with van der Waals surface area (Å²) < 4.78 is 5.63. The van der Waals surface area contributed by atoms with Crippen LogP contribution in [-0.4, -0.2) is 23.0 Å². The molecule has 0 unspecified atom stereocenters. The number of nitrogens with one attached hydrogen (secondary N) is 1. The van der Waals surface area contributed by atoms with Gasteiger partial charge in [-0.15, -0.1) is 11.3 Å². The summed E-state index contributed by atoms with van der Waals surface area (Å²) in [5.41, 5.74) is 0. The topological polar surface area (TPSA) is 64.1 Å². The minimum absolute atomic E-state index is 0.227. The van der Waals surface area contributed by atoms with Gasteiger partial charge in [0.2, 0.25) is 0 Å². The zero-order chi connectivity index (χ0) is 12.3. The van der Waals surface area contributed by atoms with E-state index in [1.807, 2.05) is 0 Å². The normalized spacial score (nSPS) is 10.0. The third-order valence-corrected chi connectivity index (χ3v) is 3.21. The second-order valence-electron chi connectivity index (χ2n) is 3.03. The van der Waals surface area contributed by atoms with E-state index in [2.05, 4.69) is 31.2 Å². The van der Waals surface area contributed by atoms with Crippen LogP contribution in [0.5, 0.6) is 5.75 Å². The van der Waals surface area contributed by atoms with E-state index in [1.54, 1.807) is 18.6 Å². The lowest BCUT2D eigenvalue weighted by Crippen LogP contribution is -2.11. The molecule has 2 heterocycles. The van der Waals surface area contributed by atoms with E-state index in [1.165, 1.54) is 23.7 Å². The molecular weight excluding hydrogens is 306 g/mol. The lowest BCUT2D eigenvalue weighted by Gasteiger charge is -2.01. The van der Waals surface area contributed by atoms with Crippen LogP contribution in [0.3, 0.4) is 0 Å². The summed E-state index contributed by atoms with van der Waals surface area (Å²) >= 11 is 4.48. The Morgan fingerprint density at radius 1 is 1.47 bits per heavy atom. The fourth-order valence-corrected chi connectivity index (χ4v) is 2.05. The highest BCUT2D eigenvalue weighted by Gasteiger charge is 2.10. The number of carbonyl (C=O) groups is 1. The van der Waals surface area contributed by atoms with Gasteiger partial charge in [-0.2, -0.15) is 0 Å². The summed E-state index contributed by atoms with van der Waals surface area (Å²) in [5.74, 6) is 0.850. The number of amides is 1. The van der Waals surface area contributed by atoms with Crippen LogP contribution in [0, 0.1) is 0 Å². The van der Waals surface area contributed by atoms with E-state index >= 15 is 0 Å². The molecule has 0 atom stereocenters. The fourth-order valence-electron chi connectivity index (χ4n) is 1.10. The molecule has 1 N–H and O–H groups in total. The van der Waals surface area contributed by atoms with Gasteiger partial charge >= 0.3 is 0 Å². The Morgan fingerprint density at radius 2 is 2.29 bits per heavy atom. The first-order valence-corrected chi connectivity index (χ1v) is 6.27. The lowest BCUT2D eigenvalue weighted by atomic mass is 10.4. The second kappa shape index (κ2) is 5.24. The molecule has 17 heavy (non-hydrogen) atoms. The molecule has 2 aromatic heterocycles. The molecule has 2 aromatic rings. The molecule has 0 aliphatic rings. The minimum Gasteiger partial charge on any atom is -0.496 e. The van der Waals surface area contributed by atoms with Crippen LogP contribution in [0.1, 0.15) is 9.67 Å². The van der Waals surface area contributed by atoms with Crippen molar-refractivity contribution in [1.82, 2.24) is 9.97 Å². The zero-order valence-corrected chi connectivity index (χ0v) is 11.2. The highest BCUT2D eigenvalue weighted by Crippen LogP contribution is 2.21. The van der Waals surface area contributed by atoms with Crippen LogP contribution >= 0.6 is 27.3 Å². The van der Waals surface area contributed by atoms with E-state index in [4.69, 9.17) is 4.74 Å². The van der Waals surface area contributed by atoms with Crippen molar-refractivity contribution in [2.45, 2.75) is 0 Å². The van der Waals surface area contributed by atoms with Crippen LogP contribution in [0.2, 0.25) is 0 Å². The Bertz CT molecular complexity index is 527. The third-order valence-electron chi connectivity index (χ3n) is 1.90. The summed E-state index contributed by atoms with van der Waals surface area (Å²) in [4.78, 5) is 20.3. The molecule has 7 heteroatoms. The van der Waals surface area contributed by atoms with Crippen molar-refractivity contribution in [2.24, 2.45) is 0 Å². The molecule has 2 rings (SSSR count). The number of carbonyl (C=O) groups excluding carboxylic acids is 1. The molecule has 0 saturated carbocycles. The third kappa shape index (κ3) is 3.01. The summed E-state index contributed by atoms with van der Waals surface area (Å²) in [6.45, 7) is 0. The number of ether oxygens (including phenoxy) is 1. The van der Waals surface area contributed by atoms with Crippen molar-refractivity contribution in [1.29, 1.82) is 0 Å². The van der Waals surface area contributed by atoms with Gasteiger partial charge in [-0.3, -0.25) is 4.79 Å². The molecule has 0 radical (unpaired) electrons. The van der Waals surface area contributed by atoms with Gasteiger partial charge in [-0.25, -0.2) is 9.97 Å². The van der Waals surface area contributed by atoms with Crippen molar-refractivity contribution in [3.05, 3.63) is 33.3 Å². The highest BCUT2D eigenvalue weighted by atomic mass is 79.9. The van der Waals surface area contributed by atoms with Crippen LogP contribution in [0.4, 0.5) is 5.82 Å². The first kappa shape index (κ1) is 12.0. The molecule has 0 spiro atoms. The smallest absolute Gasteiger partial charge is 0.267 e. The number of nitrogens with zero attached hydrogens (tertiary/aromatic N) is 2. The van der Waals surface area contributed by atoms with Gasteiger partial charge in [-0.05, 0) is 15.9 Å². The molecule has 0 fully saturated rings. The molecule has 0 aromatic carbocycles. The minimum atomic E-state index is -0.227. The number of methoxy groups -OCH3 is 1. The number of hydrogen-bond acceptors (Lipinski definition) is 5. The SMILES string of the molecule is COc1csc(C(=O)Nc2cnc(Br)cn2)c1. The van der Waals surface area contributed by atoms with Crippen LogP contribution in [0.25, 0.3) is 0 Å². The fraction of sp³-hybridized carbons (Fsp3) is 0.100. The molecule has 5 nitrogen and oxygen atoms in total. The molecular formula is C10H8BrN3O2S. The maximum atomic E-state index is 11.8. The Morgan fingerprint density at radius 3 is 2.88 bits per heavy atom. The monoisotopic (exact) mass is 313 g/mol. The average molecular weight is 314 g/mol. The van der Waals surface area contributed by atoms with Crippen molar-refractivity contribution >= 4 is 39.0 Å². The summed E-state index contributed by atoms with van der Waals surface area (Å²) in [5, 5.41) is 4.41. The first-order valence-electron chi connectivity index (χ1n) is 4.60. The Hall–Kier alpha value is -1.47. The molecule has 1 amide bonds. The average Bonchev–Trinajstić information content (AvgIpc) is 2.81. The molecule has 0 aliphatic heterocycles. The molecule has 88 valence electrons. The van der Waals surface area contributed by atoms with E-state index in [0.717, 1.165) is 0 Å². The quantitative estimate of drug-likeness (QED) is 0.946. The highest BCUT2D eigenvalue weighted by molar-refractivity contribution is 9.10. The largest absolute Gasteiger partial charge is 0.496 e. The van der Waals surface area contributed by atoms with Gasteiger partial charge < -0.3 is 10.1 Å². The maximum absolute atomic E-state index is 11.8. The van der Waals surface area contributed by atoms with Gasteiger partial charge in [0.1, 0.15) is 10.4 Å². The van der Waals surface area contributed by atoms with Gasteiger partial charge in [0.25, 0.3) is 5.91 Å². The Balaban J connectivity index is 2.08. The molecule has 0 saturated heterocycles. The van der Waals surface area contributed by atoms with Crippen molar-refractivity contribution in [2.75, 3.05) is 12.4 Å². The number of aromatic nitrogens is 2. The number of rotatable bonds is 3. The van der Waals surface area contributed by atoms with Gasteiger partial charge in [0, 0.05) is 11.4 Å². The molecule has 0 aliphatic carbocycles. The molecule has 0 bridgehead atoms. The van der Waals surface area contributed by atoms with Crippen molar-refractivity contribution in [3.63, 3.8) is 0 Å². The number of halogens is 1. The number of hydrogen-bond donors (Lipinski definition) is 1. The van der Waals surface area contributed by atoms with Crippen molar-refractivity contribution in [3.8, 4) is 5.75 Å². The van der Waals surface area contributed by atoms with Gasteiger partial charge in [0.05, 0.1) is 24.4 Å². The predicted molar refractivity (Wildman–Crippen MR) is 68.6 cm³/mol. The van der Waals surface area contributed by atoms with E-state index in [-0.39, 0.29) is 5.91 Å². The van der Waals surface area contributed by atoms with E-state index in [9.17, 15) is 4.79 Å². The maximum Gasteiger partial charge on any atom is 0.267 e. The van der Waals surface area contributed by atoms with Gasteiger partial charge in [0.15, 0.2) is 5.82 Å². The predicted octanol–water partition coefficient (Wildman–Crippen LogP) is 2.56. The number of thiophene rings is 1. The lowest BCUT2D eigenvalue weighted by molar-refractivity contribution is 0.103. The standard InChI is InChI=1S/C10H8BrN3O2S/c1-16-6-2-7(17-5-6)10(15)14-9-4-12-8(11)3-13-9/h2-5H,1H3,(H,13,14,15). The summed E-state index contributed by atoms with van der Waals surface area (Å²) in [6, 6.07) is 1.67. The Labute approximate surface area is 110 Å². The second-order valence-corrected chi connectivity index (χ2v) is 4.75. The van der Waals surface area contributed by atoms with E-state index < -0.39 is 0 Å². The van der Waals surface area contributed by atoms with Crippen molar-refractivity contribution < 1.29 is 9.53 Å². The zero-order valence-electron chi connectivity index (χ0n) is 8.81. The summed E-state index contributed by atoms with van der Waals surface area (Å²) in [6.07, 6.45) is 3.00.